The summed E-state index contributed by atoms with van der Waals surface area (Å²) in [5.74, 6) is -2.13. The molecule has 0 aliphatic rings. The van der Waals surface area contributed by atoms with E-state index in [0.717, 1.165) is 12.1 Å². The van der Waals surface area contributed by atoms with Gasteiger partial charge in [0.1, 0.15) is 5.75 Å². The van der Waals surface area contributed by atoms with Crippen LogP contribution in [0, 0.1) is 0 Å². The topological polar surface area (TPSA) is 121 Å². The Kier molecular flexibility index (Phi) is 5.09. The summed E-state index contributed by atoms with van der Waals surface area (Å²) in [4.78, 5) is 21.8. The minimum atomic E-state index is -3.46. The molecule has 7 nitrogen and oxygen atoms in total. The first kappa shape index (κ1) is 16.0. The van der Waals surface area contributed by atoms with E-state index in [4.69, 9.17) is 5.11 Å². The van der Waals surface area contributed by atoms with Gasteiger partial charge in [0.25, 0.3) is 0 Å². The maximum absolute atomic E-state index is 11.7. The first-order valence-electron chi connectivity index (χ1n) is 5.83. The fraction of sp³-hybridized carbons (Fsp3) is 0.333. The number of carbonyl (C=O) groups is 2. The average molecular weight is 301 g/mol. The number of carbonyl (C=O) groups excluding carboxylic acids is 1. The van der Waals surface area contributed by atoms with Crippen LogP contribution in [0.5, 0.6) is 5.75 Å². The van der Waals surface area contributed by atoms with Crippen molar-refractivity contribution in [1.82, 2.24) is 0 Å². The predicted octanol–water partition coefficient (Wildman–Crippen LogP) is 0.989. The van der Waals surface area contributed by atoms with E-state index in [0.29, 0.717) is 0 Å². The molecule has 0 aromatic heterocycles. The number of carboxylic acids is 1. The number of aliphatic carboxylic acids is 1. The molecule has 0 aliphatic carbocycles. The van der Waals surface area contributed by atoms with Gasteiger partial charge in [0.2, 0.25) is 5.91 Å². The van der Waals surface area contributed by atoms with Gasteiger partial charge in [0.05, 0.1) is 22.8 Å². The largest absolute Gasteiger partial charge is 0.506 e. The number of hydrogen-bond acceptors (Lipinski definition) is 5. The molecule has 110 valence electrons. The van der Waals surface area contributed by atoms with Gasteiger partial charge in [0.15, 0.2) is 9.84 Å². The average Bonchev–Trinajstić information content (AvgIpc) is 2.38. The molecule has 0 heterocycles. The lowest BCUT2D eigenvalue weighted by molar-refractivity contribution is -0.138. The number of benzene rings is 1. The Labute approximate surface area is 116 Å². The van der Waals surface area contributed by atoms with Crippen LogP contribution in [0.25, 0.3) is 0 Å². The maximum atomic E-state index is 11.7. The zero-order valence-electron chi connectivity index (χ0n) is 10.8. The summed E-state index contributed by atoms with van der Waals surface area (Å²) in [6.07, 6.45) is -0.612. The Morgan fingerprint density at radius 1 is 1.25 bits per heavy atom. The van der Waals surface area contributed by atoms with Crippen LogP contribution in [0.2, 0.25) is 0 Å². The normalized spacial score (nSPS) is 11.1. The van der Waals surface area contributed by atoms with Gasteiger partial charge < -0.3 is 15.5 Å². The van der Waals surface area contributed by atoms with Crippen LogP contribution >= 0.6 is 0 Å². The van der Waals surface area contributed by atoms with Crippen LogP contribution < -0.4 is 5.32 Å². The molecule has 0 fully saturated rings. The highest BCUT2D eigenvalue weighted by Crippen LogP contribution is 2.27. The Morgan fingerprint density at radius 2 is 1.90 bits per heavy atom. The summed E-state index contributed by atoms with van der Waals surface area (Å²) >= 11 is 0. The highest BCUT2D eigenvalue weighted by atomic mass is 32.2. The molecule has 0 radical (unpaired) electrons. The van der Waals surface area contributed by atoms with Gasteiger partial charge in [-0.3, -0.25) is 9.59 Å². The summed E-state index contributed by atoms with van der Waals surface area (Å²) in [7, 11) is -3.46. The van der Waals surface area contributed by atoms with Crippen LogP contribution in [0.15, 0.2) is 23.1 Å². The second-order valence-corrected chi connectivity index (χ2v) is 6.30. The van der Waals surface area contributed by atoms with Gasteiger partial charge in [-0.05, 0) is 18.2 Å². The number of amides is 1. The van der Waals surface area contributed by atoms with Gasteiger partial charge >= 0.3 is 5.97 Å². The van der Waals surface area contributed by atoms with Crippen molar-refractivity contribution in [2.24, 2.45) is 0 Å². The lowest BCUT2D eigenvalue weighted by atomic mass is 10.2. The molecular weight excluding hydrogens is 286 g/mol. The first-order valence-corrected chi connectivity index (χ1v) is 7.49. The molecule has 0 bridgehead atoms. The second-order valence-electron chi connectivity index (χ2n) is 4.02. The molecule has 1 aromatic rings. The highest BCUT2D eigenvalue weighted by molar-refractivity contribution is 7.91. The van der Waals surface area contributed by atoms with Crippen molar-refractivity contribution >= 4 is 27.4 Å². The van der Waals surface area contributed by atoms with Gasteiger partial charge in [-0.25, -0.2) is 8.42 Å². The number of aromatic hydroxyl groups is 1. The van der Waals surface area contributed by atoms with Crippen molar-refractivity contribution in [2.45, 2.75) is 24.7 Å². The standard InChI is InChI=1S/C12H15NO6S/c1-2-20(18,19)8-3-4-10(14)9(7-8)13-11(15)5-6-12(16)17/h3-4,7,14H,2,5-6H2,1H3,(H,13,15)(H,16,17). The highest BCUT2D eigenvalue weighted by Gasteiger charge is 2.15. The SMILES string of the molecule is CCS(=O)(=O)c1ccc(O)c(NC(=O)CCC(=O)O)c1. The molecule has 1 rings (SSSR count). The van der Waals surface area contributed by atoms with Crippen LogP contribution in [-0.4, -0.2) is 36.3 Å². The lowest BCUT2D eigenvalue weighted by Gasteiger charge is -2.09. The molecule has 3 N–H and O–H groups in total. The number of hydrogen-bond donors (Lipinski definition) is 3. The van der Waals surface area contributed by atoms with E-state index in [1.165, 1.54) is 13.0 Å². The van der Waals surface area contributed by atoms with E-state index in [2.05, 4.69) is 5.32 Å². The van der Waals surface area contributed by atoms with Crippen molar-refractivity contribution < 1.29 is 28.2 Å². The Hall–Kier alpha value is -2.09. The Morgan fingerprint density at radius 3 is 2.45 bits per heavy atom. The fourth-order valence-electron chi connectivity index (χ4n) is 1.41. The third-order valence-corrected chi connectivity index (χ3v) is 4.28. The zero-order chi connectivity index (χ0) is 15.3. The summed E-state index contributed by atoms with van der Waals surface area (Å²) in [5.41, 5.74) is -0.0603. The number of anilines is 1. The predicted molar refractivity (Wildman–Crippen MR) is 71.3 cm³/mol. The van der Waals surface area contributed by atoms with Crippen molar-refractivity contribution in [2.75, 3.05) is 11.1 Å². The quantitative estimate of drug-likeness (QED) is 0.674. The molecular formula is C12H15NO6S. The van der Waals surface area contributed by atoms with E-state index in [1.54, 1.807) is 0 Å². The molecule has 0 atom stereocenters. The fourth-order valence-corrected chi connectivity index (χ4v) is 2.31. The van der Waals surface area contributed by atoms with E-state index in [9.17, 15) is 23.1 Å². The lowest BCUT2D eigenvalue weighted by Crippen LogP contribution is -2.14. The maximum Gasteiger partial charge on any atom is 0.303 e. The molecule has 1 aromatic carbocycles. The number of phenolic OH excluding ortho intramolecular Hbond substituents is 1. The van der Waals surface area contributed by atoms with Crippen LogP contribution in [0.1, 0.15) is 19.8 Å². The zero-order valence-corrected chi connectivity index (χ0v) is 11.6. The summed E-state index contributed by atoms with van der Waals surface area (Å²) in [5, 5.41) is 20.3. The monoisotopic (exact) mass is 301 g/mol. The molecule has 20 heavy (non-hydrogen) atoms. The third-order valence-electron chi connectivity index (χ3n) is 2.55. The Bertz CT molecular complexity index is 623. The Balaban J connectivity index is 2.93. The summed E-state index contributed by atoms with van der Waals surface area (Å²) < 4.78 is 23.4. The van der Waals surface area contributed by atoms with Crippen molar-refractivity contribution in [3.05, 3.63) is 18.2 Å². The van der Waals surface area contributed by atoms with E-state index in [-0.39, 0.29) is 34.9 Å². The number of sulfone groups is 1. The number of rotatable bonds is 6. The first-order chi connectivity index (χ1) is 9.26. The molecule has 8 heteroatoms. The summed E-state index contributed by atoms with van der Waals surface area (Å²) in [6, 6.07) is 3.54. The third kappa shape index (κ3) is 4.23. The van der Waals surface area contributed by atoms with Crippen LogP contribution in [-0.2, 0) is 19.4 Å². The van der Waals surface area contributed by atoms with Gasteiger partial charge in [-0.15, -0.1) is 0 Å². The molecule has 0 spiro atoms. The van der Waals surface area contributed by atoms with Gasteiger partial charge in [0, 0.05) is 6.42 Å². The molecule has 0 unspecified atom stereocenters. The van der Waals surface area contributed by atoms with Gasteiger partial charge in [-0.1, -0.05) is 6.92 Å². The summed E-state index contributed by atoms with van der Waals surface area (Å²) in [6.45, 7) is 1.48. The van der Waals surface area contributed by atoms with Crippen LogP contribution in [0.4, 0.5) is 5.69 Å². The molecule has 1 amide bonds. The molecule has 0 saturated heterocycles. The van der Waals surface area contributed by atoms with Gasteiger partial charge in [-0.2, -0.15) is 0 Å². The second kappa shape index (κ2) is 6.38. The van der Waals surface area contributed by atoms with E-state index >= 15 is 0 Å². The number of nitrogens with one attached hydrogen (secondary N) is 1. The van der Waals surface area contributed by atoms with Crippen molar-refractivity contribution in [3.8, 4) is 5.75 Å². The minimum Gasteiger partial charge on any atom is -0.506 e. The van der Waals surface area contributed by atoms with E-state index in [1.807, 2.05) is 0 Å². The van der Waals surface area contributed by atoms with Crippen LogP contribution in [0.3, 0.4) is 0 Å². The van der Waals surface area contributed by atoms with Crippen molar-refractivity contribution in [1.29, 1.82) is 0 Å². The number of carboxylic acid groups (broad SMARTS) is 1. The minimum absolute atomic E-state index is 0.0219. The van der Waals surface area contributed by atoms with Crippen molar-refractivity contribution in [3.63, 3.8) is 0 Å². The molecule has 0 saturated carbocycles. The number of phenols is 1. The molecule has 0 aliphatic heterocycles. The smallest absolute Gasteiger partial charge is 0.303 e. The van der Waals surface area contributed by atoms with E-state index < -0.39 is 21.7 Å².